The zero-order chi connectivity index (χ0) is 24.6. The number of esters is 1. The summed E-state index contributed by atoms with van der Waals surface area (Å²) in [5.74, 6) is -0.0904. The second-order valence-electron chi connectivity index (χ2n) is 8.52. The summed E-state index contributed by atoms with van der Waals surface area (Å²) in [4.78, 5) is 39.6. The summed E-state index contributed by atoms with van der Waals surface area (Å²) in [5, 5.41) is 0. The highest BCUT2D eigenvalue weighted by molar-refractivity contribution is 6.34. The van der Waals surface area contributed by atoms with Crippen LogP contribution in [0.25, 0.3) is 0 Å². The van der Waals surface area contributed by atoms with Crippen LogP contribution >= 0.6 is 0 Å². The number of rotatable bonds is 11. The Balaban J connectivity index is 1.38. The van der Waals surface area contributed by atoms with Crippen molar-refractivity contribution < 1.29 is 23.9 Å². The maximum absolute atomic E-state index is 13.1. The molecule has 0 unspecified atom stereocenters. The van der Waals surface area contributed by atoms with Gasteiger partial charge in [0.2, 0.25) is 0 Å². The van der Waals surface area contributed by atoms with Gasteiger partial charge in [-0.1, -0.05) is 57.2 Å². The van der Waals surface area contributed by atoms with Gasteiger partial charge in [-0.3, -0.25) is 9.59 Å². The maximum atomic E-state index is 13.1. The molecule has 3 aromatic carbocycles. The van der Waals surface area contributed by atoms with Crippen molar-refractivity contribution in [1.29, 1.82) is 0 Å². The van der Waals surface area contributed by atoms with Crippen LogP contribution in [0.5, 0.6) is 11.5 Å². The van der Waals surface area contributed by atoms with Gasteiger partial charge in [0, 0.05) is 0 Å². The fraction of sp³-hybridized carbons (Fsp3) is 0.276. The average Bonchev–Trinajstić information content (AvgIpc) is 3.13. The number of anilines is 1. The van der Waals surface area contributed by atoms with Crippen molar-refractivity contribution in [3.05, 3.63) is 89.5 Å². The van der Waals surface area contributed by atoms with Crippen LogP contribution in [-0.2, 0) is 4.74 Å². The molecule has 6 nitrogen and oxygen atoms in total. The monoisotopic (exact) mass is 471 g/mol. The van der Waals surface area contributed by atoms with Crippen LogP contribution in [0.4, 0.5) is 5.69 Å². The minimum absolute atomic E-state index is 0.202. The summed E-state index contributed by atoms with van der Waals surface area (Å²) in [6, 6.07) is 20.6. The van der Waals surface area contributed by atoms with E-state index < -0.39 is 17.8 Å². The van der Waals surface area contributed by atoms with Crippen LogP contribution in [0.3, 0.4) is 0 Å². The standard InChI is InChI=1S/C29H29NO5/c1-2-3-4-5-6-10-19-34-29(33)21-13-18-25-26(20-21)28(32)30(27(25)31)22-14-16-24(17-15-22)35-23-11-8-7-9-12-23/h7-9,11-18,20H,2-6,10,19H2,1H3. The largest absolute Gasteiger partial charge is 0.462 e. The third-order valence-corrected chi connectivity index (χ3v) is 5.93. The van der Waals surface area contributed by atoms with Crippen molar-refractivity contribution in [3.63, 3.8) is 0 Å². The zero-order valence-electron chi connectivity index (χ0n) is 19.9. The molecule has 6 heteroatoms. The van der Waals surface area contributed by atoms with Crippen molar-refractivity contribution in [2.45, 2.75) is 45.4 Å². The number of carbonyl (C=O) groups is 3. The van der Waals surface area contributed by atoms with Gasteiger partial charge in [0.05, 0.1) is 29.0 Å². The lowest BCUT2D eigenvalue weighted by Gasteiger charge is -2.14. The molecule has 0 bridgehead atoms. The molecule has 0 atom stereocenters. The van der Waals surface area contributed by atoms with Crippen LogP contribution in [-0.4, -0.2) is 24.4 Å². The van der Waals surface area contributed by atoms with Crippen LogP contribution in [0.15, 0.2) is 72.8 Å². The number of carbonyl (C=O) groups excluding carboxylic acids is 3. The van der Waals surface area contributed by atoms with Gasteiger partial charge < -0.3 is 9.47 Å². The molecule has 0 saturated heterocycles. The van der Waals surface area contributed by atoms with Crippen molar-refractivity contribution in [2.24, 2.45) is 0 Å². The summed E-state index contributed by atoms with van der Waals surface area (Å²) >= 11 is 0. The highest BCUT2D eigenvalue weighted by atomic mass is 16.5. The van der Waals surface area contributed by atoms with Crippen LogP contribution in [0.1, 0.15) is 76.5 Å². The molecule has 0 N–H and O–H groups in total. The highest BCUT2D eigenvalue weighted by Gasteiger charge is 2.37. The number of unbranched alkanes of at least 4 members (excludes halogenated alkanes) is 5. The molecule has 0 saturated carbocycles. The first-order chi connectivity index (χ1) is 17.1. The third kappa shape index (κ3) is 5.77. The number of nitrogens with zero attached hydrogens (tertiary/aromatic N) is 1. The number of para-hydroxylation sites is 1. The van der Waals surface area contributed by atoms with E-state index in [2.05, 4.69) is 6.92 Å². The van der Waals surface area contributed by atoms with Crippen LogP contribution in [0, 0.1) is 0 Å². The molecular weight excluding hydrogens is 442 g/mol. The predicted octanol–water partition coefficient (Wildman–Crippen LogP) is 6.80. The Morgan fingerprint density at radius 3 is 2.14 bits per heavy atom. The first kappa shape index (κ1) is 24.2. The molecule has 0 fully saturated rings. The highest BCUT2D eigenvalue weighted by Crippen LogP contribution is 2.31. The average molecular weight is 472 g/mol. The molecule has 2 amide bonds. The van der Waals surface area contributed by atoms with Gasteiger partial charge in [0.1, 0.15) is 11.5 Å². The van der Waals surface area contributed by atoms with E-state index in [9.17, 15) is 14.4 Å². The fourth-order valence-corrected chi connectivity index (χ4v) is 4.02. The molecule has 0 aromatic heterocycles. The number of ether oxygens (including phenoxy) is 2. The quantitative estimate of drug-likeness (QED) is 0.175. The van der Waals surface area contributed by atoms with E-state index in [-0.39, 0.29) is 16.7 Å². The lowest BCUT2D eigenvalue weighted by molar-refractivity contribution is 0.0497. The molecule has 1 aliphatic heterocycles. The lowest BCUT2D eigenvalue weighted by Crippen LogP contribution is -2.29. The molecule has 0 spiro atoms. The molecule has 1 heterocycles. The van der Waals surface area contributed by atoms with Crippen molar-refractivity contribution in [2.75, 3.05) is 11.5 Å². The Kier molecular flexibility index (Phi) is 7.93. The Bertz CT molecular complexity index is 1190. The fourth-order valence-electron chi connectivity index (χ4n) is 4.02. The van der Waals surface area contributed by atoms with E-state index >= 15 is 0 Å². The summed E-state index contributed by atoms with van der Waals surface area (Å²) < 4.78 is 11.1. The van der Waals surface area contributed by atoms with Crippen molar-refractivity contribution in [1.82, 2.24) is 0 Å². The normalized spacial score (nSPS) is 12.5. The van der Waals surface area contributed by atoms with Gasteiger partial charge in [-0.2, -0.15) is 0 Å². The Morgan fingerprint density at radius 2 is 1.40 bits per heavy atom. The van der Waals surface area contributed by atoms with Gasteiger partial charge in [-0.25, -0.2) is 9.69 Å². The van der Waals surface area contributed by atoms with E-state index in [1.807, 2.05) is 30.3 Å². The van der Waals surface area contributed by atoms with Crippen molar-refractivity contribution in [3.8, 4) is 11.5 Å². The molecular formula is C29H29NO5. The van der Waals surface area contributed by atoms with Gasteiger partial charge in [-0.15, -0.1) is 0 Å². The van der Waals surface area contributed by atoms with Crippen molar-refractivity contribution >= 4 is 23.5 Å². The predicted molar refractivity (Wildman–Crippen MR) is 134 cm³/mol. The molecule has 1 aliphatic rings. The summed E-state index contributed by atoms with van der Waals surface area (Å²) in [5.41, 5.74) is 1.17. The number of amides is 2. The molecule has 4 rings (SSSR count). The van der Waals surface area contributed by atoms with Gasteiger partial charge in [0.15, 0.2) is 0 Å². The van der Waals surface area contributed by atoms with E-state index in [0.717, 1.165) is 24.2 Å². The smallest absolute Gasteiger partial charge is 0.338 e. The van der Waals surface area contributed by atoms with Crippen LogP contribution in [0.2, 0.25) is 0 Å². The van der Waals surface area contributed by atoms with E-state index in [0.29, 0.717) is 23.8 Å². The lowest BCUT2D eigenvalue weighted by atomic mass is 10.1. The Hall–Kier alpha value is -3.93. The number of hydrogen-bond acceptors (Lipinski definition) is 5. The summed E-state index contributed by atoms with van der Waals surface area (Å²) in [6.07, 6.45) is 6.59. The summed E-state index contributed by atoms with van der Waals surface area (Å²) in [7, 11) is 0. The first-order valence-electron chi connectivity index (χ1n) is 12.1. The minimum Gasteiger partial charge on any atom is -0.462 e. The molecule has 0 aliphatic carbocycles. The van der Waals surface area contributed by atoms with Gasteiger partial charge in [0.25, 0.3) is 11.8 Å². The topological polar surface area (TPSA) is 72.9 Å². The minimum atomic E-state index is -0.484. The van der Waals surface area contributed by atoms with E-state index in [1.54, 1.807) is 24.3 Å². The maximum Gasteiger partial charge on any atom is 0.338 e. The van der Waals surface area contributed by atoms with Gasteiger partial charge >= 0.3 is 5.97 Å². The second-order valence-corrected chi connectivity index (χ2v) is 8.52. The SMILES string of the molecule is CCCCCCCCOC(=O)c1ccc2c(c1)C(=O)N(c1ccc(Oc3ccccc3)cc1)C2=O. The first-order valence-corrected chi connectivity index (χ1v) is 12.1. The number of hydrogen-bond donors (Lipinski definition) is 0. The third-order valence-electron chi connectivity index (χ3n) is 5.93. The van der Waals surface area contributed by atoms with E-state index in [4.69, 9.17) is 9.47 Å². The molecule has 3 aromatic rings. The zero-order valence-corrected chi connectivity index (χ0v) is 19.9. The van der Waals surface area contributed by atoms with Crippen LogP contribution < -0.4 is 9.64 Å². The Labute approximate surface area is 205 Å². The molecule has 0 radical (unpaired) electrons. The summed E-state index contributed by atoms with van der Waals surface area (Å²) in [6.45, 7) is 2.52. The molecule has 35 heavy (non-hydrogen) atoms. The second kappa shape index (κ2) is 11.5. The Morgan fingerprint density at radius 1 is 0.743 bits per heavy atom. The number of imide groups is 1. The molecule has 180 valence electrons. The van der Waals surface area contributed by atoms with Gasteiger partial charge in [-0.05, 0) is 61.0 Å². The number of fused-ring (bicyclic) bond motifs is 1. The van der Waals surface area contributed by atoms with E-state index in [1.165, 1.54) is 37.5 Å². The number of benzene rings is 3.